The summed E-state index contributed by atoms with van der Waals surface area (Å²) in [6.07, 6.45) is -0.179. The minimum absolute atomic E-state index is 0.0129. The molecule has 0 heterocycles. The number of methoxy groups -OCH3 is 1. The van der Waals surface area contributed by atoms with E-state index in [9.17, 15) is 23.5 Å². The fraction of sp³-hybridized carbons (Fsp3) is 0.310. The third-order valence-corrected chi connectivity index (χ3v) is 6.03. The van der Waals surface area contributed by atoms with Crippen molar-refractivity contribution >= 4 is 11.8 Å². The van der Waals surface area contributed by atoms with Crippen molar-refractivity contribution in [1.82, 2.24) is 16.0 Å². The Balaban J connectivity index is 1.61. The molecule has 0 spiro atoms. The van der Waals surface area contributed by atoms with Gasteiger partial charge in [0.05, 0.1) is 25.8 Å². The Bertz CT molecular complexity index is 1200. The van der Waals surface area contributed by atoms with E-state index in [1.165, 1.54) is 12.7 Å². The van der Waals surface area contributed by atoms with E-state index < -0.39 is 35.6 Å². The van der Waals surface area contributed by atoms with Crippen LogP contribution < -0.4 is 20.7 Å². The third kappa shape index (κ3) is 8.93. The van der Waals surface area contributed by atoms with Crippen LogP contribution in [-0.2, 0) is 24.2 Å². The molecular weight excluding hydrogens is 492 g/mol. The van der Waals surface area contributed by atoms with E-state index in [1.54, 1.807) is 24.3 Å². The van der Waals surface area contributed by atoms with Crippen LogP contribution >= 0.6 is 0 Å². The third-order valence-electron chi connectivity index (χ3n) is 6.03. The number of nitrogens with one attached hydrogen (secondary N) is 3. The lowest BCUT2D eigenvalue weighted by Crippen LogP contribution is -2.51. The molecule has 0 aliphatic heterocycles. The van der Waals surface area contributed by atoms with Gasteiger partial charge in [-0.3, -0.25) is 9.59 Å². The van der Waals surface area contributed by atoms with Gasteiger partial charge in [-0.2, -0.15) is 0 Å². The lowest BCUT2D eigenvalue weighted by molar-refractivity contribution is -0.121. The van der Waals surface area contributed by atoms with Gasteiger partial charge in [-0.05, 0) is 65.9 Å². The average Bonchev–Trinajstić information content (AvgIpc) is 2.91. The van der Waals surface area contributed by atoms with E-state index in [0.717, 1.165) is 30.2 Å². The first-order valence-electron chi connectivity index (χ1n) is 12.4. The maximum absolute atomic E-state index is 13.8. The number of benzene rings is 3. The van der Waals surface area contributed by atoms with Crippen molar-refractivity contribution in [1.29, 1.82) is 0 Å². The zero-order valence-electron chi connectivity index (χ0n) is 21.5. The summed E-state index contributed by atoms with van der Waals surface area (Å²) in [7, 11) is 1.52. The molecule has 7 nitrogen and oxygen atoms in total. The first-order chi connectivity index (χ1) is 18.3. The van der Waals surface area contributed by atoms with Crippen LogP contribution in [0.25, 0.3) is 0 Å². The SMILES string of the molecule is CCc1cccc(CNCC(O)C(Cc2cc(F)cc(F)c2)NC(=O)CNC(=O)c2ccc(OC)cc2)c1. The molecule has 3 rings (SSSR count). The Morgan fingerprint density at radius 1 is 0.947 bits per heavy atom. The Morgan fingerprint density at radius 3 is 2.29 bits per heavy atom. The van der Waals surface area contributed by atoms with Crippen molar-refractivity contribution in [2.24, 2.45) is 0 Å². The highest BCUT2D eigenvalue weighted by atomic mass is 19.1. The lowest BCUT2D eigenvalue weighted by Gasteiger charge is -2.25. The number of amides is 2. The fourth-order valence-corrected chi connectivity index (χ4v) is 4.00. The standard InChI is InChI=1S/C29H33F2N3O4/c1-3-19-5-4-6-20(11-19)16-32-17-27(35)26(14-21-12-23(30)15-24(31)13-21)34-28(36)18-33-29(37)22-7-9-25(38-2)10-8-22/h4-13,15,26-27,32,35H,3,14,16-18H2,1-2H3,(H,33,37)(H,34,36). The molecule has 4 N–H and O–H groups in total. The van der Waals surface area contributed by atoms with Gasteiger partial charge in [0.25, 0.3) is 5.91 Å². The van der Waals surface area contributed by atoms with Crippen LogP contribution in [0.15, 0.2) is 66.7 Å². The van der Waals surface area contributed by atoms with Crippen molar-refractivity contribution < 1.29 is 28.2 Å². The number of hydrogen-bond donors (Lipinski definition) is 4. The zero-order valence-corrected chi connectivity index (χ0v) is 21.5. The number of carbonyl (C=O) groups is 2. The molecule has 9 heteroatoms. The van der Waals surface area contributed by atoms with Crippen LogP contribution in [0.1, 0.15) is 34.0 Å². The van der Waals surface area contributed by atoms with Gasteiger partial charge in [-0.1, -0.05) is 31.2 Å². The molecule has 0 bridgehead atoms. The van der Waals surface area contributed by atoms with Crippen LogP contribution in [0.4, 0.5) is 8.78 Å². The Morgan fingerprint density at radius 2 is 1.63 bits per heavy atom. The minimum atomic E-state index is -1.07. The first kappa shape index (κ1) is 28.7. The van der Waals surface area contributed by atoms with Gasteiger partial charge in [-0.25, -0.2) is 8.78 Å². The molecule has 2 amide bonds. The summed E-state index contributed by atoms with van der Waals surface area (Å²) >= 11 is 0. The number of ether oxygens (including phenoxy) is 1. The van der Waals surface area contributed by atoms with E-state index in [4.69, 9.17) is 4.74 Å². The van der Waals surface area contributed by atoms with Gasteiger partial charge in [0.2, 0.25) is 5.91 Å². The number of halogens is 2. The number of aryl methyl sites for hydroxylation is 1. The predicted molar refractivity (Wildman–Crippen MR) is 141 cm³/mol. The van der Waals surface area contributed by atoms with Gasteiger partial charge in [0, 0.05) is 24.7 Å². The van der Waals surface area contributed by atoms with Crippen LogP contribution in [0, 0.1) is 11.6 Å². The first-order valence-corrected chi connectivity index (χ1v) is 12.4. The quantitative estimate of drug-likeness (QED) is 0.275. The zero-order chi connectivity index (χ0) is 27.5. The lowest BCUT2D eigenvalue weighted by atomic mass is 10.0. The van der Waals surface area contributed by atoms with Gasteiger partial charge in [0.15, 0.2) is 0 Å². The van der Waals surface area contributed by atoms with Crippen molar-refractivity contribution in [3.05, 3.63) is 101 Å². The number of hydrogen-bond acceptors (Lipinski definition) is 5. The van der Waals surface area contributed by atoms with E-state index in [0.29, 0.717) is 17.9 Å². The Hall–Kier alpha value is -3.82. The summed E-state index contributed by atoms with van der Waals surface area (Å²) in [6, 6.07) is 16.6. The molecule has 2 atom stereocenters. The number of aliphatic hydroxyl groups excluding tert-OH is 1. The van der Waals surface area contributed by atoms with Crippen molar-refractivity contribution in [2.75, 3.05) is 20.2 Å². The van der Waals surface area contributed by atoms with Gasteiger partial charge < -0.3 is 25.8 Å². The summed E-state index contributed by atoms with van der Waals surface area (Å²) in [6.45, 7) is 2.34. The summed E-state index contributed by atoms with van der Waals surface area (Å²) in [5, 5.41) is 19.3. The van der Waals surface area contributed by atoms with E-state index >= 15 is 0 Å². The summed E-state index contributed by atoms with van der Waals surface area (Å²) in [5.41, 5.74) is 2.87. The number of aliphatic hydroxyl groups is 1. The molecule has 0 aliphatic rings. The topological polar surface area (TPSA) is 99.7 Å². The number of rotatable bonds is 13. The maximum atomic E-state index is 13.8. The second-order valence-corrected chi connectivity index (χ2v) is 8.94. The molecule has 0 aliphatic carbocycles. The van der Waals surface area contributed by atoms with Gasteiger partial charge in [0.1, 0.15) is 17.4 Å². The summed E-state index contributed by atoms with van der Waals surface area (Å²) < 4.78 is 32.6. The van der Waals surface area contributed by atoms with Crippen molar-refractivity contribution in [3.8, 4) is 5.75 Å². The molecule has 3 aromatic carbocycles. The molecule has 0 radical (unpaired) electrons. The van der Waals surface area contributed by atoms with E-state index in [-0.39, 0.29) is 25.1 Å². The Kier molecular flexibility index (Phi) is 10.7. The molecule has 38 heavy (non-hydrogen) atoms. The molecule has 202 valence electrons. The summed E-state index contributed by atoms with van der Waals surface area (Å²) in [5.74, 6) is -1.91. The van der Waals surface area contributed by atoms with Gasteiger partial charge in [-0.15, -0.1) is 0 Å². The Labute approximate surface area is 221 Å². The number of carbonyl (C=O) groups excluding carboxylic acids is 2. The molecule has 0 saturated heterocycles. The smallest absolute Gasteiger partial charge is 0.251 e. The molecular formula is C29H33F2N3O4. The molecule has 2 unspecified atom stereocenters. The molecule has 0 aromatic heterocycles. The summed E-state index contributed by atoms with van der Waals surface area (Å²) in [4.78, 5) is 25.0. The highest BCUT2D eigenvalue weighted by Crippen LogP contribution is 2.13. The second-order valence-electron chi connectivity index (χ2n) is 8.94. The second kappa shape index (κ2) is 14.2. The monoisotopic (exact) mass is 525 g/mol. The predicted octanol–water partition coefficient (Wildman–Crippen LogP) is 3.14. The van der Waals surface area contributed by atoms with Crippen LogP contribution in [-0.4, -0.2) is 49.3 Å². The largest absolute Gasteiger partial charge is 0.497 e. The highest BCUT2D eigenvalue weighted by molar-refractivity contribution is 5.96. The van der Waals surface area contributed by atoms with Crippen LogP contribution in [0.5, 0.6) is 5.75 Å². The van der Waals surface area contributed by atoms with Crippen LogP contribution in [0.2, 0.25) is 0 Å². The van der Waals surface area contributed by atoms with E-state index in [2.05, 4.69) is 28.9 Å². The average molecular weight is 526 g/mol. The van der Waals surface area contributed by atoms with Gasteiger partial charge >= 0.3 is 0 Å². The maximum Gasteiger partial charge on any atom is 0.251 e. The molecule has 0 fully saturated rings. The van der Waals surface area contributed by atoms with Crippen LogP contribution in [0.3, 0.4) is 0 Å². The van der Waals surface area contributed by atoms with Crippen molar-refractivity contribution in [3.63, 3.8) is 0 Å². The molecule has 3 aromatic rings. The normalized spacial score (nSPS) is 12.4. The molecule has 0 saturated carbocycles. The van der Waals surface area contributed by atoms with Crippen molar-refractivity contribution in [2.45, 2.75) is 38.5 Å². The van der Waals surface area contributed by atoms with E-state index in [1.807, 2.05) is 18.2 Å². The minimum Gasteiger partial charge on any atom is -0.497 e. The fourth-order valence-electron chi connectivity index (χ4n) is 4.00. The highest BCUT2D eigenvalue weighted by Gasteiger charge is 2.23.